The summed E-state index contributed by atoms with van der Waals surface area (Å²) in [5.41, 5.74) is 0.567. The lowest BCUT2D eigenvalue weighted by atomic mass is 10.2. The fourth-order valence-electron chi connectivity index (χ4n) is 1.76. The highest BCUT2D eigenvalue weighted by atomic mass is 16.6. The molecule has 1 amide bonds. The van der Waals surface area contributed by atoms with E-state index in [1.165, 1.54) is 0 Å². The molecular formula is C13H21N3O3. The molecule has 0 aromatic carbocycles. The number of H-pyrrole nitrogens is 1. The van der Waals surface area contributed by atoms with E-state index in [-0.39, 0.29) is 12.2 Å². The maximum absolute atomic E-state index is 11.7. The van der Waals surface area contributed by atoms with Crippen molar-refractivity contribution in [2.75, 3.05) is 13.1 Å². The number of ether oxygens (including phenoxy) is 2. The number of carbonyl (C=O) groups excluding carboxylic acids is 1. The Hall–Kier alpha value is -1.56. The van der Waals surface area contributed by atoms with Gasteiger partial charge >= 0.3 is 6.09 Å². The highest BCUT2D eigenvalue weighted by Crippen LogP contribution is 2.17. The largest absolute Gasteiger partial charge is 0.444 e. The zero-order valence-corrected chi connectivity index (χ0v) is 11.9. The SMILES string of the molecule is Cc1cnc(COC2CN(C(=O)OC(C)(C)C)C2)[nH]1. The van der Waals surface area contributed by atoms with E-state index >= 15 is 0 Å². The van der Waals surface area contributed by atoms with Crippen LogP contribution in [0.2, 0.25) is 0 Å². The van der Waals surface area contributed by atoms with Gasteiger partial charge < -0.3 is 19.4 Å². The Labute approximate surface area is 113 Å². The standard InChI is InChI=1S/C13H21N3O3/c1-9-5-14-11(15-9)8-18-10-6-16(7-10)12(17)19-13(2,3)4/h5,10H,6-8H2,1-4H3,(H,14,15). The molecule has 0 unspecified atom stereocenters. The van der Waals surface area contributed by atoms with Gasteiger partial charge in [-0.15, -0.1) is 0 Å². The average molecular weight is 267 g/mol. The molecule has 0 bridgehead atoms. The number of likely N-dealkylation sites (tertiary alicyclic amines) is 1. The van der Waals surface area contributed by atoms with E-state index < -0.39 is 5.60 Å². The molecule has 2 heterocycles. The number of hydrogen-bond acceptors (Lipinski definition) is 4. The lowest BCUT2D eigenvalue weighted by molar-refractivity contribution is -0.0704. The van der Waals surface area contributed by atoms with Crippen LogP contribution in [0.25, 0.3) is 0 Å². The molecule has 0 atom stereocenters. The van der Waals surface area contributed by atoms with Gasteiger partial charge in [-0.1, -0.05) is 0 Å². The molecule has 0 spiro atoms. The third-order valence-corrected chi connectivity index (χ3v) is 2.71. The maximum Gasteiger partial charge on any atom is 0.410 e. The smallest absolute Gasteiger partial charge is 0.410 e. The topological polar surface area (TPSA) is 67.4 Å². The van der Waals surface area contributed by atoms with Crippen LogP contribution in [0.4, 0.5) is 4.79 Å². The quantitative estimate of drug-likeness (QED) is 0.907. The van der Waals surface area contributed by atoms with E-state index in [1.54, 1.807) is 11.1 Å². The van der Waals surface area contributed by atoms with Gasteiger partial charge in [-0.25, -0.2) is 9.78 Å². The molecule has 0 radical (unpaired) electrons. The van der Waals surface area contributed by atoms with E-state index in [4.69, 9.17) is 9.47 Å². The molecule has 0 saturated carbocycles. The average Bonchev–Trinajstić information content (AvgIpc) is 2.59. The number of nitrogens with one attached hydrogen (secondary N) is 1. The molecule has 1 aliphatic heterocycles. The van der Waals surface area contributed by atoms with E-state index in [1.807, 2.05) is 27.7 Å². The molecular weight excluding hydrogens is 246 g/mol. The molecule has 19 heavy (non-hydrogen) atoms. The molecule has 1 aromatic heterocycles. The first-order valence-electron chi connectivity index (χ1n) is 6.43. The van der Waals surface area contributed by atoms with Crippen molar-refractivity contribution in [1.82, 2.24) is 14.9 Å². The van der Waals surface area contributed by atoms with Crippen LogP contribution in [0.5, 0.6) is 0 Å². The summed E-state index contributed by atoms with van der Waals surface area (Å²) in [4.78, 5) is 20.6. The number of nitrogens with zero attached hydrogens (tertiary/aromatic N) is 2. The Morgan fingerprint density at radius 2 is 2.21 bits per heavy atom. The Bertz CT molecular complexity index is 444. The molecule has 106 valence electrons. The fourth-order valence-corrected chi connectivity index (χ4v) is 1.76. The van der Waals surface area contributed by atoms with Gasteiger partial charge in [0, 0.05) is 11.9 Å². The van der Waals surface area contributed by atoms with Gasteiger partial charge in [0.05, 0.1) is 19.2 Å². The third kappa shape index (κ3) is 3.96. The lowest BCUT2D eigenvalue weighted by Gasteiger charge is -2.39. The van der Waals surface area contributed by atoms with Gasteiger partial charge in [0.25, 0.3) is 0 Å². The van der Waals surface area contributed by atoms with Crippen LogP contribution in [-0.2, 0) is 16.1 Å². The summed E-state index contributed by atoms with van der Waals surface area (Å²) in [6.07, 6.45) is 1.56. The van der Waals surface area contributed by atoms with E-state index in [0.29, 0.717) is 19.7 Å². The van der Waals surface area contributed by atoms with Crippen LogP contribution in [0.1, 0.15) is 32.3 Å². The van der Waals surface area contributed by atoms with Crippen molar-refractivity contribution in [2.24, 2.45) is 0 Å². The van der Waals surface area contributed by atoms with Crippen LogP contribution in [0, 0.1) is 6.92 Å². The van der Waals surface area contributed by atoms with Crippen LogP contribution < -0.4 is 0 Å². The van der Waals surface area contributed by atoms with Gasteiger partial charge in [-0.2, -0.15) is 0 Å². The van der Waals surface area contributed by atoms with Crippen molar-refractivity contribution in [3.63, 3.8) is 0 Å². The lowest BCUT2D eigenvalue weighted by Crippen LogP contribution is -2.55. The summed E-state index contributed by atoms with van der Waals surface area (Å²) in [6, 6.07) is 0. The van der Waals surface area contributed by atoms with Gasteiger partial charge in [0.15, 0.2) is 0 Å². The minimum absolute atomic E-state index is 0.0675. The molecule has 6 heteroatoms. The monoisotopic (exact) mass is 267 g/mol. The Morgan fingerprint density at radius 3 is 2.74 bits per heavy atom. The first-order chi connectivity index (χ1) is 8.83. The zero-order valence-electron chi connectivity index (χ0n) is 11.9. The molecule has 1 saturated heterocycles. The molecule has 1 aromatic rings. The predicted molar refractivity (Wildman–Crippen MR) is 69.7 cm³/mol. The van der Waals surface area contributed by atoms with Crippen molar-refractivity contribution >= 4 is 6.09 Å². The van der Waals surface area contributed by atoms with Crippen molar-refractivity contribution < 1.29 is 14.3 Å². The van der Waals surface area contributed by atoms with Gasteiger partial charge in [0.2, 0.25) is 0 Å². The molecule has 2 rings (SSSR count). The number of amides is 1. The number of aryl methyl sites for hydroxylation is 1. The Balaban J connectivity index is 1.67. The van der Waals surface area contributed by atoms with Crippen LogP contribution in [0.15, 0.2) is 6.20 Å². The first-order valence-corrected chi connectivity index (χ1v) is 6.43. The van der Waals surface area contributed by atoms with Crippen LogP contribution >= 0.6 is 0 Å². The van der Waals surface area contributed by atoms with Crippen molar-refractivity contribution in [2.45, 2.75) is 46.0 Å². The number of aromatic nitrogens is 2. The van der Waals surface area contributed by atoms with Crippen molar-refractivity contribution in [1.29, 1.82) is 0 Å². The van der Waals surface area contributed by atoms with Gasteiger partial charge in [0.1, 0.15) is 18.0 Å². The minimum Gasteiger partial charge on any atom is -0.444 e. The summed E-state index contributed by atoms with van der Waals surface area (Å²) < 4.78 is 10.9. The first kappa shape index (κ1) is 13.9. The molecule has 0 aliphatic carbocycles. The maximum atomic E-state index is 11.7. The predicted octanol–water partition coefficient (Wildman–Crippen LogP) is 1.85. The molecule has 1 aliphatic rings. The molecule has 1 fully saturated rings. The summed E-state index contributed by atoms with van der Waals surface area (Å²) in [5, 5.41) is 0. The summed E-state index contributed by atoms with van der Waals surface area (Å²) in [6.45, 7) is 9.13. The zero-order chi connectivity index (χ0) is 14.0. The molecule has 1 N–H and O–H groups in total. The third-order valence-electron chi connectivity index (χ3n) is 2.71. The number of carbonyl (C=O) groups is 1. The molecule has 6 nitrogen and oxygen atoms in total. The number of hydrogen-bond donors (Lipinski definition) is 1. The second-order valence-corrected chi connectivity index (χ2v) is 5.83. The summed E-state index contributed by atoms with van der Waals surface area (Å²) >= 11 is 0. The second kappa shape index (κ2) is 5.21. The summed E-state index contributed by atoms with van der Waals surface area (Å²) in [7, 11) is 0. The Morgan fingerprint density at radius 1 is 1.53 bits per heavy atom. The fraction of sp³-hybridized carbons (Fsp3) is 0.692. The normalized spacial score (nSPS) is 16.3. The minimum atomic E-state index is -0.450. The summed E-state index contributed by atoms with van der Waals surface area (Å²) in [5.74, 6) is 0.813. The van der Waals surface area contributed by atoms with Crippen molar-refractivity contribution in [3.05, 3.63) is 17.7 Å². The number of imidazole rings is 1. The Kier molecular flexibility index (Phi) is 3.80. The number of rotatable bonds is 3. The van der Waals surface area contributed by atoms with Crippen LogP contribution in [-0.4, -0.2) is 45.8 Å². The number of aromatic amines is 1. The van der Waals surface area contributed by atoms with Crippen LogP contribution in [0.3, 0.4) is 0 Å². The van der Waals surface area contributed by atoms with E-state index in [9.17, 15) is 4.79 Å². The van der Waals surface area contributed by atoms with Crippen molar-refractivity contribution in [3.8, 4) is 0 Å². The van der Waals surface area contributed by atoms with Gasteiger partial charge in [-0.3, -0.25) is 0 Å². The highest BCUT2D eigenvalue weighted by Gasteiger charge is 2.34. The van der Waals surface area contributed by atoms with Gasteiger partial charge in [-0.05, 0) is 27.7 Å². The highest BCUT2D eigenvalue weighted by molar-refractivity contribution is 5.69. The van der Waals surface area contributed by atoms with E-state index in [2.05, 4.69) is 9.97 Å². The van der Waals surface area contributed by atoms with E-state index in [0.717, 1.165) is 11.5 Å². The second-order valence-electron chi connectivity index (χ2n) is 5.83.